The van der Waals surface area contributed by atoms with E-state index in [1.165, 1.54) is 15.6 Å². The van der Waals surface area contributed by atoms with Crippen LogP contribution in [0.1, 0.15) is 6.92 Å². The molecule has 2 rings (SSSR count). The van der Waals surface area contributed by atoms with Crippen LogP contribution in [0.2, 0.25) is 0 Å². The van der Waals surface area contributed by atoms with Crippen LogP contribution in [0.3, 0.4) is 0 Å². The predicted molar refractivity (Wildman–Crippen MR) is 63.6 cm³/mol. The Morgan fingerprint density at radius 2 is 2.31 bits per heavy atom. The van der Waals surface area contributed by atoms with Gasteiger partial charge in [0.25, 0.3) is 5.56 Å². The normalized spacial score (nSPS) is 13.2. The van der Waals surface area contributed by atoms with Crippen LogP contribution >= 0.6 is 12.6 Å². The fourth-order valence-corrected chi connectivity index (χ4v) is 1.56. The van der Waals surface area contributed by atoms with Crippen LogP contribution in [-0.2, 0) is 13.6 Å². The van der Waals surface area contributed by atoms with Gasteiger partial charge in [-0.25, -0.2) is 9.36 Å². The molecular formula is C9H13N5OS. The summed E-state index contributed by atoms with van der Waals surface area (Å²) in [6, 6.07) is 0. The Kier molecular flexibility index (Phi) is 2.95. The van der Waals surface area contributed by atoms with Gasteiger partial charge in [0.2, 0.25) is 0 Å². The monoisotopic (exact) mass is 239 g/mol. The molecule has 0 aliphatic carbocycles. The summed E-state index contributed by atoms with van der Waals surface area (Å²) in [7, 11) is 1.73. The molecule has 1 unspecified atom stereocenters. The van der Waals surface area contributed by atoms with Gasteiger partial charge in [-0.2, -0.15) is 17.7 Å². The molecule has 0 aliphatic rings. The Morgan fingerprint density at radius 3 is 3.00 bits per heavy atom. The number of rotatable bonds is 3. The number of thiol groups is 1. The quantitative estimate of drug-likeness (QED) is 0.771. The molecule has 0 saturated heterocycles. The first kappa shape index (κ1) is 11.1. The molecule has 0 aliphatic heterocycles. The van der Waals surface area contributed by atoms with Gasteiger partial charge < -0.3 is 0 Å². The second kappa shape index (κ2) is 4.25. The van der Waals surface area contributed by atoms with Crippen LogP contribution in [0.25, 0.3) is 11.0 Å². The lowest BCUT2D eigenvalue weighted by molar-refractivity contribution is 0.454. The van der Waals surface area contributed by atoms with Gasteiger partial charge in [-0.1, -0.05) is 12.1 Å². The summed E-state index contributed by atoms with van der Waals surface area (Å²) in [4.78, 5) is 12.0. The molecule has 0 amide bonds. The van der Waals surface area contributed by atoms with Crippen LogP contribution < -0.4 is 5.56 Å². The van der Waals surface area contributed by atoms with E-state index in [1.807, 2.05) is 6.92 Å². The smallest absolute Gasteiger partial charge is 0.267 e. The first-order valence-electron chi connectivity index (χ1n) is 5.00. The Labute approximate surface area is 97.7 Å². The Morgan fingerprint density at radius 1 is 1.56 bits per heavy atom. The number of aryl methyl sites for hydroxylation is 1. The van der Waals surface area contributed by atoms with E-state index in [0.29, 0.717) is 23.3 Å². The highest BCUT2D eigenvalue weighted by Crippen LogP contribution is 2.04. The van der Waals surface area contributed by atoms with Crippen molar-refractivity contribution in [3.05, 3.63) is 16.6 Å². The summed E-state index contributed by atoms with van der Waals surface area (Å²) >= 11 is 4.18. The lowest BCUT2D eigenvalue weighted by Crippen LogP contribution is -2.27. The second-order valence-electron chi connectivity index (χ2n) is 3.87. The summed E-state index contributed by atoms with van der Waals surface area (Å²) < 4.78 is 2.90. The maximum atomic E-state index is 12.0. The fourth-order valence-electron chi connectivity index (χ4n) is 1.45. The van der Waals surface area contributed by atoms with Crippen molar-refractivity contribution in [2.45, 2.75) is 13.5 Å². The minimum Gasteiger partial charge on any atom is -0.267 e. The maximum Gasteiger partial charge on any atom is 0.280 e. The molecule has 0 aromatic carbocycles. The molecule has 0 saturated carbocycles. The highest BCUT2D eigenvalue weighted by molar-refractivity contribution is 7.80. The third-order valence-electron chi connectivity index (χ3n) is 2.42. The summed E-state index contributed by atoms with van der Waals surface area (Å²) in [5, 5.41) is 12.4. The molecule has 2 aromatic heterocycles. The Bertz CT molecular complexity index is 561. The zero-order chi connectivity index (χ0) is 11.7. The first-order chi connectivity index (χ1) is 7.63. The lowest BCUT2D eigenvalue weighted by Gasteiger charge is -2.08. The zero-order valence-corrected chi connectivity index (χ0v) is 10.1. The van der Waals surface area contributed by atoms with Gasteiger partial charge in [0.05, 0.1) is 6.20 Å². The number of fused-ring (bicyclic) bond motifs is 1. The molecule has 0 fully saturated rings. The zero-order valence-electron chi connectivity index (χ0n) is 9.16. The van der Waals surface area contributed by atoms with Crippen molar-refractivity contribution in [3.8, 4) is 0 Å². The molecule has 0 radical (unpaired) electrons. The van der Waals surface area contributed by atoms with E-state index in [0.717, 1.165) is 0 Å². The van der Waals surface area contributed by atoms with Crippen molar-refractivity contribution in [1.29, 1.82) is 0 Å². The van der Waals surface area contributed by atoms with Crippen LogP contribution in [0.4, 0.5) is 0 Å². The highest BCUT2D eigenvalue weighted by Gasteiger charge is 2.10. The third kappa shape index (κ3) is 1.82. The van der Waals surface area contributed by atoms with Crippen molar-refractivity contribution in [2.24, 2.45) is 13.0 Å². The molecule has 2 aromatic rings. The number of aromatic nitrogens is 5. The molecule has 16 heavy (non-hydrogen) atoms. The van der Waals surface area contributed by atoms with Gasteiger partial charge in [0.15, 0.2) is 5.65 Å². The molecular weight excluding hydrogens is 226 g/mol. The summed E-state index contributed by atoms with van der Waals surface area (Å²) in [6.45, 7) is 2.54. The molecule has 7 heteroatoms. The van der Waals surface area contributed by atoms with Gasteiger partial charge in [-0.3, -0.25) is 4.79 Å². The van der Waals surface area contributed by atoms with E-state index in [4.69, 9.17) is 0 Å². The first-order valence-corrected chi connectivity index (χ1v) is 5.63. The third-order valence-corrected chi connectivity index (χ3v) is 3.04. The van der Waals surface area contributed by atoms with E-state index in [1.54, 1.807) is 7.05 Å². The molecule has 6 nitrogen and oxygen atoms in total. The van der Waals surface area contributed by atoms with E-state index >= 15 is 0 Å². The van der Waals surface area contributed by atoms with Gasteiger partial charge in [0, 0.05) is 13.6 Å². The second-order valence-corrected chi connectivity index (χ2v) is 4.24. The Balaban J connectivity index is 2.49. The molecule has 0 bridgehead atoms. The number of hydrogen-bond acceptors (Lipinski definition) is 5. The highest BCUT2D eigenvalue weighted by atomic mass is 32.1. The number of nitrogens with zero attached hydrogens (tertiary/aromatic N) is 5. The van der Waals surface area contributed by atoms with Crippen LogP contribution in [0, 0.1) is 5.92 Å². The molecule has 2 heterocycles. The van der Waals surface area contributed by atoms with E-state index in [-0.39, 0.29) is 11.5 Å². The van der Waals surface area contributed by atoms with Gasteiger partial charge in [-0.15, -0.1) is 5.10 Å². The SMILES string of the molecule is CC(CS)Cn1nnc2c(cnn2C)c1=O. The van der Waals surface area contributed by atoms with Crippen molar-refractivity contribution < 1.29 is 0 Å². The molecule has 0 N–H and O–H groups in total. The molecule has 1 atom stereocenters. The van der Waals surface area contributed by atoms with Crippen LogP contribution in [0.15, 0.2) is 11.0 Å². The van der Waals surface area contributed by atoms with Crippen molar-refractivity contribution in [1.82, 2.24) is 24.8 Å². The van der Waals surface area contributed by atoms with E-state index in [9.17, 15) is 4.79 Å². The van der Waals surface area contributed by atoms with Gasteiger partial charge >= 0.3 is 0 Å². The average Bonchev–Trinajstić information content (AvgIpc) is 2.65. The Hall–Kier alpha value is -1.37. The largest absolute Gasteiger partial charge is 0.280 e. The van der Waals surface area contributed by atoms with Gasteiger partial charge in [0.1, 0.15) is 5.39 Å². The summed E-state index contributed by atoms with van der Waals surface area (Å²) in [6.07, 6.45) is 1.52. The van der Waals surface area contributed by atoms with Gasteiger partial charge in [-0.05, 0) is 11.7 Å². The van der Waals surface area contributed by atoms with E-state index in [2.05, 4.69) is 28.0 Å². The minimum atomic E-state index is -0.147. The van der Waals surface area contributed by atoms with Crippen molar-refractivity contribution in [2.75, 3.05) is 5.75 Å². The van der Waals surface area contributed by atoms with E-state index < -0.39 is 0 Å². The fraction of sp³-hybridized carbons (Fsp3) is 0.556. The molecule has 0 spiro atoms. The summed E-state index contributed by atoms with van der Waals surface area (Å²) in [5.74, 6) is 0.989. The average molecular weight is 239 g/mol. The predicted octanol–water partition coefficient (Wildman–Crippen LogP) is 0.0909. The maximum absolute atomic E-state index is 12.0. The summed E-state index contributed by atoms with van der Waals surface area (Å²) in [5.41, 5.74) is 0.367. The molecule has 86 valence electrons. The van der Waals surface area contributed by atoms with Crippen LogP contribution in [0.5, 0.6) is 0 Å². The topological polar surface area (TPSA) is 65.6 Å². The number of hydrogen-bond donors (Lipinski definition) is 1. The van der Waals surface area contributed by atoms with Crippen molar-refractivity contribution >= 4 is 23.7 Å². The van der Waals surface area contributed by atoms with Crippen molar-refractivity contribution in [3.63, 3.8) is 0 Å². The minimum absolute atomic E-state index is 0.147. The van der Waals surface area contributed by atoms with Crippen LogP contribution in [-0.4, -0.2) is 30.5 Å². The standard InChI is InChI=1S/C9H13N5OS/c1-6(5-16)4-14-9(15)7-3-10-13(2)8(7)11-12-14/h3,6,16H,4-5H2,1-2H3. The lowest BCUT2D eigenvalue weighted by atomic mass is 10.2.